The van der Waals surface area contributed by atoms with Crippen molar-refractivity contribution in [1.82, 2.24) is 10.6 Å². The smallest absolute Gasteiger partial charge is 0.257 e. The molecule has 106 valence electrons. The molecule has 0 heterocycles. The molecule has 2 bridgehead atoms. The number of carbonyl (C=O) groups excluding carboxylic acids is 1. The standard InChI is InChI=1S/C16H20N2OS/c19-15(12-4-2-1-3-5-12)18-16(20)17-10-14-9-11-6-7-13(14)8-11/h1-5,11,13-14H,6-10H2,(H2,17,18,19,20)/t11-,13-,14+/m0/s1. The van der Waals surface area contributed by atoms with E-state index in [4.69, 9.17) is 12.2 Å². The van der Waals surface area contributed by atoms with Crippen molar-refractivity contribution < 1.29 is 4.79 Å². The average Bonchev–Trinajstić information content (AvgIpc) is 3.08. The van der Waals surface area contributed by atoms with E-state index in [9.17, 15) is 4.79 Å². The molecule has 0 unspecified atom stereocenters. The Morgan fingerprint density at radius 3 is 2.65 bits per heavy atom. The number of rotatable bonds is 3. The van der Waals surface area contributed by atoms with Gasteiger partial charge in [-0.15, -0.1) is 0 Å². The van der Waals surface area contributed by atoms with E-state index in [0.717, 1.165) is 24.3 Å². The van der Waals surface area contributed by atoms with Crippen LogP contribution >= 0.6 is 12.2 Å². The van der Waals surface area contributed by atoms with Gasteiger partial charge in [0.1, 0.15) is 0 Å². The van der Waals surface area contributed by atoms with Crippen molar-refractivity contribution in [3.05, 3.63) is 35.9 Å². The Morgan fingerprint density at radius 1 is 1.20 bits per heavy atom. The molecule has 0 spiro atoms. The van der Waals surface area contributed by atoms with Crippen LogP contribution < -0.4 is 10.6 Å². The lowest BCUT2D eigenvalue weighted by Crippen LogP contribution is -2.41. The third kappa shape index (κ3) is 3.01. The molecule has 0 radical (unpaired) electrons. The topological polar surface area (TPSA) is 41.1 Å². The molecule has 2 saturated carbocycles. The normalized spacial score (nSPS) is 27.3. The summed E-state index contributed by atoms with van der Waals surface area (Å²) in [6, 6.07) is 9.16. The molecule has 0 aromatic heterocycles. The summed E-state index contributed by atoms with van der Waals surface area (Å²) in [5, 5.41) is 6.40. The first-order valence-corrected chi connectivity index (χ1v) is 7.77. The molecular formula is C16H20N2OS. The highest BCUT2D eigenvalue weighted by Gasteiger charge is 2.39. The zero-order valence-corrected chi connectivity index (χ0v) is 12.3. The highest BCUT2D eigenvalue weighted by Crippen LogP contribution is 2.47. The fourth-order valence-corrected chi connectivity index (χ4v) is 3.84. The van der Waals surface area contributed by atoms with E-state index in [1.54, 1.807) is 12.1 Å². The molecule has 2 aliphatic rings. The van der Waals surface area contributed by atoms with Gasteiger partial charge in [-0.2, -0.15) is 0 Å². The summed E-state index contributed by atoms with van der Waals surface area (Å²) < 4.78 is 0. The summed E-state index contributed by atoms with van der Waals surface area (Å²) in [5.41, 5.74) is 0.636. The van der Waals surface area contributed by atoms with Crippen LogP contribution in [0, 0.1) is 17.8 Å². The zero-order chi connectivity index (χ0) is 13.9. The largest absolute Gasteiger partial charge is 0.362 e. The zero-order valence-electron chi connectivity index (χ0n) is 11.5. The quantitative estimate of drug-likeness (QED) is 0.840. The first-order chi connectivity index (χ1) is 9.72. The number of nitrogens with one attached hydrogen (secondary N) is 2. The first-order valence-electron chi connectivity index (χ1n) is 7.36. The molecule has 20 heavy (non-hydrogen) atoms. The van der Waals surface area contributed by atoms with Gasteiger partial charge in [0.25, 0.3) is 5.91 Å². The van der Waals surface area contributed by atoms with Crippen LogP contribution in [0.3, 0.4) is 0 Å². The van der Waals surface area contributed by atoms with Crippen LogP contribution in [-0.4, -0.2) is 17.6 Å². The molecular weight excluding hydrogens is 268 g/mol. The summed E-state index contributed by atoms with van der Waals surface area (Å²) in [6.07, 6.45) is 5.51. The predicted octanol–water partition coefficient (Wildman–Crippen LogP) is 2.73. The minimum atomic E-state index is -0.143. The van der Waals surface area contributed by atoms with Gasteiger partial charge in [-0.05, 0) is 61.4 Å². The molecule has 2 fully saturated rings. The van der Waals surface area contributed by atoms with Crippen molar-refractivity contribution in [1.29, 1.82) is 0 Å². The molecule has 3 nitrogen and oxygen atoms in total. The molecule has 1 amide bonds. The Kier molecular flexibility index (Phi) is 4.01. The van der Waals surface area contributed by atoms with Crippen LogP contribution in [0.2, 0.25) is 0 Å². The van der Waals surface area contributed by atoms with E-state index in [1.165, 1.54) is 25.7 Å². The first kappa shape index (κ1) is 13.6. The highest BCUT2D eigenvalue weighted by atomic mass is 32.1. The Balaban J connectivity index is 1.45. The predicted molar refractivity (Wildman–Crippen MR) is 83.4 cm³/mol. The monoisotopic (exact) mass is 288 g/mol. The number of benzene rings is 1. The van der Waals surface area contributed by atoms with E-state index in [0.29, 0.717) is 10.7 Å². The number of thiocarbonyl (C=S) groups is 1. The number of carbonyl (C=O) groups is 1. The van der Waals surface area contributed by atoms with Crippen molar-refractivity contribution in [3.8, 4) is 0 Å². The highest BCUT2D eigenvalue weighted by molar-refractivity contribution is 7.80. The second-order valence-electron chi connectivity index (χ2n) is 5.97. The van der Waals surface area contributed by atoms with Gasteiger partial charge in [-0.3, -0.25) is 10.1 Å². The third-order valence-corrected chi connectivity index (χ3v) is 4.92. The SMILES string of the molecule is O=C(NC(=S)NC[C@H]1C[C@H]2CC[C@H]1C2)c1ccccc1. The second-order valence-corrected chi connectivity index (χ2v) is 6.37. The van der Waals surface area contributed by atoms with Gasteiger partial charge >= 0.3 is 0 Å². The van der Waals surface area contributed by atoms with E-state index in [1.807, 2.05) is 18.2 Å². The maximum atomic E-state index is 11.9. The van der Waals surface area contributed by atoms with Crippen LogP contribution in [-0.2, 0) is 0 Å². The minimum absolute atomic E-state index is 0.143. The van der Waals surface area contributed by atoms with Crippen molar-refractivity contribution in [2.24, 2.45) is 17.8 Å². The molecule has 3 rings (SSSR count). The van der Waals surface area contributed by atoms with Crippen molar-refractivity contribution >= 4 is 23.2 Å². The fraction of sp³-hybridized carbons (Fsp3) is 0.500. The summed E-state index contributed by atoms with van der Waals surface area (Å²) in [5.74, 6) is 2.41. The summed E-state index contributed by atoms with van der Waals surface area (Å²) in [7, 11) is 0. The Labute approximate surface area is 125 Å². The van der Waals surface area contributed by atoms with Gasteiger partial charge in [0.2, 0.25) is 0 Å². The van der Waals surface area contributed by atoms with E-state index >= 15 is 0 Å². The van der Waals surface area contributed by atoms with E-state index in [2.05, 4.69) is 10.6 Å². The van der Waals surface area contributed by atoms with Gasteiger partial charge in [0.15, 0.2) is 5.11 Å². The minimum Gasteiger partial charge on any atom is -0.362 e. The van der Waals surface area contributed by atoms with Gasteiger partial charge in [0, 0.05) is 12.1 Å². The van der Waals surface area contributed by atoms with Gasteiger partial charge in [-0.1, -0.05) is 24.6 Å². The van der Waals surface area contributed by atoms with Crippen LogP contribution in [0.1, 0.15) is 36.0 Å². The molecule has 2 aliphatic carbocycles. The maximum absolute atomic E-state index is 11.9. The summed E-state index contributed by atoms with van der Waals surface area (Å²) >= 11 is 5.21. The fourth-order valence-electron chi connectivity index (χ4n) is 3.66. The molecule has 0 saturated heterocycles. The van der Waals surface area contributed by atoms with Crippen molar-refractivity contribution in [3.63, 3.8) is 0 Å². The number of hydrogen-bond acceptors (Lipinski definition) is 2. The molecule has 0 aliphatic heterocycles. The lowest BCUT2D eigenvalue weighted by atomic mass is 9.89. The maximum Gasteiger partial charge on any atom is 0.257 e. The molecule has 4 heteroatoms. The van der Waals surface area contributed by atoms with Crippen LogP contribution in [0.25, 0.3) is 0 Å². The summed E-state index contributed by atoms with van der Waals surface area (Å²) in [6.45, 7) is 0.898. The molecule has 2 N–H and O–H groups in total. The third-order valence-electron chi connectivity index (χ3n) is 4.67. The average molecular weight is 288 g/mol. The summed E-state index contributed by atoms with van der Waals surface area (Å²) in [4.78, 5) is 11.9. The molecule has 1 aromatic rings. The van der Waals surface area contributed by atoms with E-state index in [-0.39, 0.29) is 5.91 Å². The lowest BCUT2D eigenvalue weighted by molar-refractivity contribution is 0.0976. The van der Waals surface area contributed by atoms with Crippen molar-refractivity contribution in [2.45, 2.75) is 25.7 Å². The van der Waals surface area contributed by atoms with Crippen LogP contribution in [0.4, 0.5) is 0 Å². The Hall–Kier alpha value is -1.42. The van der Waals surface area contributed by atoms with E-state index < -0.39 is 0 Å². The second kappa shape index (κ2) is 5.92. The lowest BCUT2D eigenvalue weighted by Gasteiger charge is -2.22. The van der Waals surface area contributed by atoms with Gasteiger partial charge in [0.05, 0.1) is 0 Å². The van der Waals surface area contributed by atoms with Crippen LogP contribution in [0.15, 0.2) is 30.3 Å². The van der Waals surface area contributed by atoms with Crippen LogP contribution in [0.5, 0.6) is 0 Å². The molecule has 3 atom stereocenters. The molecule has 1 aromatic carbocycles. The number of fused-ring (bicyclic) bond motifs is 2. The van der Waals surface area contributed by atoms with Crippen molar-refractivity contribution in [2.75, 3.05) is 6.54 Å². The Bertz CT molecular complexity index is 502. The number of amides is 1. The van der Waals surface area contributed by atoms with Gasteiger partial charge < -0.3 is 5.32 Å². The number of hydrogen-bond donors (Lipinski definition) is 2. The van der Waals surface area contributed by atoms with Gasteiger partial charge in [-0.25, -0.2) is 0 Å². The Morgan fingerprint density at radius 2 is 2.00 bits per heavy atom.